The topological polar surface area (TPSA) is 32.5 Å². The number of hydrogen-bond donors (Lipinski definition) is 1. The summed E-state index contributed by atoms with van der Waals surface area (Å²) in [6, 6.07) is 6.59. The molecule has 1 aromatic carbocycles. The van der Waals surface area contributed by atoms with E-state index in [2.05, 4.69) is 58.0 Å². The monoisotopic (exact) mass is 339 g/mol. The van der Waals surface area contributed by atoms with Crippen LogP contribution in [0.15, 0.2) is 22.7 Å². The number of rotatable bonds is 5. The van der Waals surface area contributed by atoms with Gasteiger partial charge in [-0.15, -0.1) is 0 Å². The maximum Gasteiger partial charge on any atom is 0.0400 e. The van der Waals surface area contributed by atoms with E-state index in [4.69, 9.17) is 5.73 Å². The standard InChI is InChI=1S/C16H26BrN3/c1-19(2)12-13-6-9-20(10-7-13)16-4-3-15(17)11-14(16)5-8-18/h3-4,11,13H,5-10,12,18H2,1-2H3. The number of anilines is 1. The van der Waals surface area contributed by atoms with Crippen LogP contribution >= 0.6 is 15.9 Å². The van der Waals surface area contributed by atoms with Gasteiger partial charge in [0.15, 0.2) is 0 Å². The van der Waals surface area contributed by atoms with Crippen LogP contribution < -0.4 is 10.6 Å². The van der Waals surface area contributed by atoms with Gasteiger partial charge in [-0.25, -0.2) is 0 Å². The van der Waals surface area contributed by atoms with Crippen LogP contribution in [0.3, 0.4) is 0 Å². The van der Waals surface area contributed by atoms with E-state index < -0.39 is 0 Å². The minimum atomic E-state index is 0.709. The van der Waals surface area contributed by atoms with Crippen LogP contribution in [0, 0.1) is 5.92 Å². The van der Waals surface area contributed by atoms with Crippen LogP contribution in [0.25, 0.3) is 0 Å². The quantitative estimate of drug-likeness (QED) is 0.895. The third-order valence-corrected chi connectivity index (χ3v) is 4.53. The highest BCUT2D eigenvalue weighted by Gasteiger charge is 2.21. The van der Waals surface area contributed by atoms with Gasteiger partial charge in [0.2, 0.25) is 0 Å². The maximum absolute atomic E-state index is 5.75. The Hall–Kier alpha value is -0.580. The molecule has 1 saturated heterocycles. The number of piperidine rings is 1. The molecule has 0 aliphatic carbocycles. The molecule has 112 valence electrons. The number of halogens is 1. The molecule has 1 fully saturated rings. The fraction of sp³-hybridized carbons (Fsp3) is 0.625. The lowest BCUT2D eigenvalue weighted by Crippen LogP contribution is -2.37. The van der Waals surface area contributed by atoms with Crippen molar-refractivity contribution >= 4 is 21.6 Å². The molecule has 1 heterocycles. The molecule has 0 unspecified atom stereocenters. The molecule has 20 heavy (non-hydrogen) atoms. The van der Waals surface area contributed by atoms with Gasteiger partial charge in [-0.1, -0.05) is 15.9 Å². The van der Waals surface area contributed by atoms with Gasteiger partial charge >= 0.3 is 0 Å². The first-order valence-electron chi connectivity index (χ1n) is 7.48. The summed E-state index contributed by atoms with van der Waals surface area (Å²) in [5.74, 6) is 0.842. The van der Waals surface area contributed by atoms with Crippen LogP contribution in [-0.4, -0.2) is 45.2 Å². The zero-order chi connectivity index (χ0) is 14.5. The molecule has 4 heteroatoms. The van der Waals surface area contributed by atoms with Gasteiger partial charge in [0.25, 0.3) is 0 Å². The Morgan fingerprint density at radius 1 is 1.30 bits per heavy atom. The highest BCUT2D eigenvalue weighted by molar-refractivity contribution is 9.10. The smallest absolute Gasteiger partial charge is 0.0400 e. The molecule has 0 saturated carbocycles. The normalized spacial score (nSPS) is 16.9. The van der Waals surface area contributed by atoms with Gasteiger partial charge in [-0.05, 0) is 69.6 Å². The minimum Gasteiger partial charge on any atom is -0.371 e. The molecule has 1 aliphatic heterocycles. The average Bonchev–Trinajstić information content (AvgIpc) is 2.40. The van der Waals surface area contributed by atoms with E-state index in [-0.39, 0.29) is 0 Å². The van der Waals surface area contributed by atoms with Gasteiger partial charge in [-0.3, -0.25) is 0 Å². The molecule has 2 rings (SSSR count). The first kappa shape index (κ1) is 15.8. The molecule has 2 N–H and O–H groups in total. The third kappa shape index (κ3) is 4.21. The van der Waals surface area contributed by atoms with Gasteiger partial charge in [-0.2, -0.15) is 0 Å². The van der Waals surface area contributed by atoms with Gasteiger partial charge < -0.3 is 15.5 Å². The zero-order valence-electron chi connectivity index (χ0n) is 12.6. The van der Waals surface area contributed by atoms with Crippen molar-refractivity contribution in [3.05, 3.63) is 28.2 Å². The lowest BCUT2D eigenvalue weighted by Gasteiger charge is -2.35. The van der Waals surface area contributed by atoms with Crippen molar-refractivity contribution in [1.82, 2.24) is 4.90 Å². The number of hydrogen-bond acceptors (Lipinski definition) is 3. The van der Waals surface area contributed by atoms with Gasteiger partial charge in [0, 0.05) is 29.8 Å². The molecule has 1 aliphatic rings. The fourth-order valence-corrected chi connectivity index (χ4v) is 3.50. The highest BCUT2D eigenvalue weighted by atomic mass is 79.9. The summed E-state index contributed by atoms with van der Waals surface area (Å²) in [6.45, 7) is 4.25. The van der Waals surface area contributed by atoms with E-state index in [0.717, 1.165) is 29.9 Å². The van der Waals surface area contributed by atoms with E-state index in [9.17, 15) is 0 Å². The van der Waals surface area contributed by atoms with Crippen LogP contribution in [-0.2, 0) is 6.42 Å². The second kappa shape index (κ2) is 7.43. The minimum absolute atomic E-state index is 0.709. The van der Waals surface area contributed by atoms with E-state index >= 15 is 0 Å². The molecular formula is C16H26BrN3. The van der Waals surface area contributed by atoms with Crippen LogP contribution in [0.1, 0.15) is 18.4 Å². The fourth-order valence-electron chi connectivity index (χ4n) is 3.09. The Bertz CT molecular complexity index is 426. The Balaban J connectivity index is 2.03. The molecule has 3 nitrogen and oxygen atoms in total. The van der Waals surface area contributed by atoms with Gasteiger partial charge in [0.1, 0.15) is 0 Å². The lowest BCUT2D eigenvalue weighted by atomic mass is 9.95. The SMILES string of the molecule is CN(C)CC1CCN(c2ccc(Br)cc2CCN)CC1. The van der Waals surface area contributed by atoms with Crippen molar-refractivity contribution in [3.63, 3.8) is 0 Å². The van der Waals surface area contributed by atoms with Crippen molar-refractivity contribution in [2.24, 2.45) is 11.7 Å². The Labute approximate surface area is 131 Å². The van der Waals surface area contributed by atoms with E-state index in [0.29, 0.717) is 6.54 Å². The van der Waals surface area contributed by atoms with E-state index in [1.54, 1.807) is 0 Å². The third-order valence-electron chi connectivity index (χ3n) is 4.03. The highest BCUT2D eigenvalue weighted by Crippen LogP contribution is 2.29. The molecule has 0 spiro atoms. The van der Waals surface area contributed by atoms with Crippen molar-refractivity contribution in [2.75, 3.05) is 45.2 Å². The predicted molar refractivity (Wildman–Crippen MR) is 90.4 cm³/mol. The second-order valence-electron chi connectivity index (χ2n) is 6.00. The second-order valence-corrected chi connectivity index (χ2v) is 6.92. The summed E-state index contributed by atoms with van der Waals surface area (Å²) >= 11 is 3.56. The number of nitrogens with two attached hydrogens (primary N) is 1. The summed E-state index contributed by atoms with van der Waals surface area (Å²) in [7, 11) is 4.33. The Morgan fingerprint density at radius 2 is 2.00 bits per heavy atom. The summed E-state index contributed by atoms with van der Waals surface area (Å²) in [6.07, 6.45) is 3.53. The van der Waals surface area contributed by atoms with E-state index in [1.807, 2.05) is 0 Å². The van der Waals surface area contributed by atoms with Crippen LogP contribution in [0.4, 0.5) is 5.69 Å². The maximum atomic E-state index is 5.75. The first-order chi connectivity index (χ1) is 9.60. The molecular weight excluding hydrogens is 314 g/mol. The van der Waals surface area contributed by atoms with Crippen molar-refractivity contribution in [3.8, 4) is 0 Å². The average molecular weight is 340 g/mol. The van der Waals surface area contributed by atoms with Crippen molar-refractivity contribution in [2.45, 2.75) is 19.3 Å². The van der Waals surface area contributed by atoms with Crippen LogP contribution in [0.2, 0.25) is 0 Å². The molecule has 0 aromatic heterocycles. The van der Waals surface area contributed by atoms with E-state index in [1.165, 1.54) is 30.6 Å². The molecule has 1 aromatic rings. The summed E-state index contributed by atoms with van der Waals surface area (Å²) < 4.78 is 1.15. The summed E-state index contributed by atoms with van der Waals surface area (Å²) in [4.78, 5) is 4.84. The zero-order valence-corrected chi connectivity index (χ0v) is 14.2. The molecule has 0 amide bonds. The Kier molecular flexibility index (Phi) is 5.87. The lowest BCUT2D eigenvalue weighted by molar-refractivity contribution is 0.285. The largest absolute Gasteiger partial charge is 0.371 e. The van der Waals surface area contributed by atoms with Gasteiger partial charge in [0.05, 0.1) is 0 Å². The number of benzene rings is 1. The van der Waals surface area contributed by atoms with Crippen molar-refractivity contribution in [1.29, 1.82) is 0 Å². The molecule has 0 bridgehead atoms. The molecule has 0 radical (unpaired) electrons. The number of nitrogens with zero attached hydrogens (tertiary/aromatic N) is 2. The summed E-state index contributed by atoms with van der Waals surface area (Å²) in [5.41, 5.74) is 8.49. The Morgan fingerprint density at radius 3 is 2.60 bits per heavy atom. The molecule has 0 atom stereocenters. The summed E-state index contributed by atoms with van der Waals surface area (Å²) in [5, 5.41) is 0. The first-order valence-corrected chi connectivity index (χ1v) is 8.27. The predicted octanol–water partition coefficient (Wildman–Crippen LogP) is 2.73. The van der Waals surface area contributed by atoms with Crippen molar-refractivity contribution < 1.29 is 0 Å². The van der Waals surface area contributed by atoms with Crippen LogP contribution in [0.5, 0.6) is 0 Å².